The van der Waals surface area contributed by atoms with Crippen molar-refractivity contribution in [2.45, 2.75) is 77.7 Å². The molecule has 0 saturated heterocycles. The first-order valence-corrected chi connectivity index (χ1v) is 10.2. The Morgan fingerprint density at radius 2 is 1.67 bits per heavy atom. The van der Waals surface area contributed by atoms with Gasteiger partial charge in [0.1, 0.15) is 0 Å². The number of carbonyl (C=O) groups is 1. The number of carbonyl (C=O) groups excluding carboxylic acids is 1. The summed E-state index contributed by atoms with van der Waals surface area (Å²) in [5, 5.41) is 10.1. The smallest absolute Gasteiger partial charge is 0.309 e. The SMILES string of the molecule is COC(=O)[C@H]1CC[C@H]2[C@@H]3CC[C@@H]4C[C@H](O)CC[C@]4(C)[C@H]3CC[C@]12C. The quantitative estimate of drug-likeness (QED) is 0.732. The van der Waals surface area contributed by atoms with Crippen LogP contribution in [0.5, 0.6) is 0 Å². The number of aliphatic hydroxyl groups is 1. The van der Waals surface area contributed by atoms with E-state index in [4.69, 9.17) is 4.74 Å². The minimum atomic E-state index is -0.0660. The molecule has 4 rings (SSSR count). The molecule has 4 aliphatic carbocycles. The fourth-order valence-electron chi connectivity index (χ4n) is 7.76. The number of hydrogen-bond donors (Lipinski definition) is 1. The highest BCUT2D eigenvalue weighted by Crippen LogP contribution is 2.67. The van der Waals surface area contributed by atoms with Crippen molar-refractivity contribution in [1.82, 2.24) is 0 Å². The van der Waals surface area contributed by atoms with Gasteiger partial charge in [0, 0.05) is 0 Å². The third-order valence-electron chi connectivity index (χ3n) is 9.12. The van der Waals surface area contributed by atoms with Crippen LogP contribution in [-0.2, 0) is 9.53 Å². The van der Waals surface area contributed by atoms with E-state index in [9.17, 15) is 9.90 Å². The number of aliphatic hydroxyl groups excluding tert-OH is 1. The van der Waals surface area contributed by atoms with Gasteiger partial charge in [-0.25, -0.2) is 0 Å². The lowest BCUT2D eigenvalue weighted by atomic mass is 9.44. The van der Waals surface area contributed by atoms with E-state index in [1.54, 1.807) is 7.11 Å². The molecule has 4 saturated carbocycles. The van der Waals surface area contributed by atoms with Crippen LogP contribution in [0.2, 0.25) is 0 Å². The van der Waals surface area contributed by atoms with Crippen LogP contribution in [0.25, 0.3) is 0 Å². The van der Waals surface area contributed by atoms with Crippen molar-refractivity contribution < 1.29 is 14.6 Å². The van der Waals surface area contributed by atoms with Gasteiger partial charge in [-0.05, 0) is 92.3 Å². The highest BCUT2D eigenvalue weighted by Gasteiger charge is 2.61. The van der Waals surface area contributed by atoms with Gasteiger partial charge in [-0.15, -0.1) is 0 Å². The van der Waals surface area contributed by atoms with Crippen LogP contribution in [0, 0.1) is 40.4 Å². The minimum Gasteiger partial charge on any atom is -0.469 e. The maximum absolute atomic E-state index is 12.3. The van der Waals surface area contributed by atoms with Gasteiger partial charge in [-0.1, -0.05) is 13.8 Å². The Labute approximate surface area is 146 Å². The van der Waals surface area contributed by atoms with E-state index >= 15 is 0 Å². The van der Waals surface area contributed by atoms with Gasteiger partial charge in [0.05, 0.1) is 19.1 Å². The van der Waals surface area contributed by atoms with E-state index in [2.05, 4.69) is 13.8 Å². The fraction of sp³-hybridized carbons (Fsp3) is 0.952. The first kappa shape index (κ1) is 16.9. The van der Waals surface area contributed by atoms with E-state index in [1.807, 2.05) is 0 Å². The molecule has 24 heavy (non-hydrogen) atoms. The molecule has 1 N–H and O–H groups in total. The Balaban J connectivity index is 1.60. The van der Waals surface area contributed by atoms with Gasteiger partial charge < -0.3 is 9.84 Å². The van der Waals surface area contributed by atoms with Crippen molar-refractivity contribution >= 4 is 5.97 Å². The number of fused-ring (bicyclic) bond motifs is 5. The molecular formula is C21H34O3. The van der Waals surface area contributed by atoms with Gasteiger partial charge in [-0.2, -0.15) is 0 Å². The maximum atomic E-state index is 12.3. The largest absolute Gasteiger partial charge is 0.469 e. The van der Waals surface area contributed by atoms with Crippen molar-refractivity contribution in [3.05, 3.63) is 0 Å². The summed E-state index contributed by atoms with van der Waals surface area (Å²) in [5.74, 6) is 3.15. The van der Waals surface area contributed by atoms with Gasteiger partial charge in [0.25, 0.3) is 0 Å². The maximum Gasteiger partial charge on any atom is 0.309 e. The summed E-state index contributed by atoms with van der Waals surface area (Å²) in [4.78, 5) is 12.3. The molecule has 0 aromatic heterocycles. The number of rotatable bonds is 1. The molecule has 0 aliphatic heterocycles. The molecule has 3 heteroatoms. The van der Waals surface area contributed by atoms with Gasteiger partial charge in [-0.3, -0.25) is 4.79 Å². The normalized spacial score (nSPS) is 53.7. The summed E-state index contributed by atoms with van der Waals surface area (Å²) in [5.41, 5.74) is 0.582. The van der Waals surface area contributed by atoms with Crippen LogP contribution >= 0.6 is 0 Å². The Bertz CT molecular complexity index is 517. The topological polar surface area (TPSA) is 46.5 Å². The van der Waals surface area contributed by atoms with Crippen molar-refractivity contribution in [3.8, 4) is 0 Å². The second-order valence-corrected chi connectivity index (χ2v) is 9.78. The van der Waals surface area contributed by atoms with Crippen LogP contribution in [0.1, 0.15) is 71.6 Å². The van der Waals surface area contributed by atoms with Crippen molar-refractivity contribution in [3.63, 3.8) is 0 Å². The Hall–Kier alpha value is -0.570. The second kappa shape index (κ2) is 5.72. The Kier molecular flexibility index (Phi) is 4.02. The molecule has 0 radical (unpaired) electrons. The molecule has 0 unspecified atom stereocenters. The first-order valence-electron chi connectivity index (χ1n) is 10.2. The predicted octanol–water partition coefficient (Wildman–Crippen LogP) is 4.18. The standard InChI is InChI=1S/C21H34O3/c1-20-10-8-14(22)12-13(20)4-5-15-16-6-7-18(19(23)24-3)21(16,2)11-9-17(15)20/h13-18,22H,4-12H2,1-3H3/t13-,14-,15+,16+,17+,18-,20+,21+/m1/s1. The van der Waals surface area contributed by atoms with Gasteiger partial charge >= 0.3 is 5.97 Å². The Morgan fingerprint density at radius 3 is 2.42 bits per heavy atom. The third kappa shape index (κ3) is 2.22. The zero-order chi connectivity index (χ0) is 17.1. The van der Waals surface area contributed by atoms with Gasteiger partial charge in [0.2, 0.25) is 0 Å². The highest BCUT2D eigenvalue weighted by atomic mass is 16.5. The van der Waals surface area contributed by atoms with E-state index in [1.165, 1.54) is 38.5 Å². The first-order chi connectivity index (χ1) is 11.4. The summed E-state index contributed by atoms with van der Waals surface area (Å²) >= 11 is 0. The van der Waals surface area contributed by atoms with Crippen molar-refractivity contribution in [1.29, 1.82) is 0 Å². The molecule has 136 valence electrons. The number of esters is 1. The van der Waals surface area contributed by atoms with Crippen molar-refractivity contribution in [2.75, 3.05) is 7.11 Å². The van der Waals surface area contributed by atoms with E-state index in [0.717, 1.165) is 31.1 Å². The lowest BCUT2D eigenvalue weighted by Crippen LogP contribution is -2.54. The molecule has 3 nitrogen and oxygen atoms in total. The zero-order valence-electron chi connectivity index (χ0n) is 15.6. The second-order valence-electron chi connectivity index (χ2n) is 9.78. The van der Waals surface area contributed by atoms with Crippen LogP contribution in [-0.4, -0.2) is 24.3 Å². The molecule has 8 atom stereocenters. The average Bonchev–Trinajstić information content (AvgIpc) is 2.92. The molecule has 0 spiro atoms. The molecule has 0 aromatic rings. The summed E-state index contributed by atoms with van der Waals surface area (Å²) in [6.45, 7) is 4.90. The van der Waals surface area contributed by atoms with Gasteiger partial charge in [0.15, 0.2) is 0 Å². The average molecular weight is 335 g/mol. The van der Waals surface area contributed by atoms with E-state index < -0.39 is 0 Å². The van der Waals surface area contributed by atoms with Crippen LogP contribution in [0.15, 0.2) is 0 Å². The van der Waals surface area contributed by atoms with Crippen LogP contribution in [0.3, 0.4) is 0 Å². The molecular weight excluding hydrogens is 300 g/mol. The monoisotopic (exact) mass is 334 g/mol. The molecule has 4 aliphatic rings. The van der Waals surface area contributed by atoms with Crippen molar-refractivity contribution in [2.24, 2.45) is 40.4 Å². The summed E-state index contributed by atoms with van der Waals surface area (Å²) in [7, 11) is 1.55. The molecule has 0 bridgehead atoms. The number of ether oxygens (including phenoxy) is 1. The molecule has 0 heterocycles. The number of hydrogen-bond acceptors (Lipinski definition) is 3. The summed E-state index contributed by atoms with van der Waals surface area (Å²) in [6, 6.07) is 0. The lowest BCUT2D eigenvalue weighted by Gasteiger charge is -2.60. The zero-order valence-corrected chi connectivity index (χ0v) is 15.6. The lowest BCUT2D eigenvalue weighted by molar-refractivity contribution is -0.157. The third-order valence-corrected chi connectivity index (χ3v) is 9.12. The summed E-state index contributed by atoms with van der Waals surface area (Å²) < 4.78 is 5.14. The highest BCUT2D eigenvalue weighted by molar-refractivity contribution is 5.73. The fourth-order valence-corrected chi connectivity index (χ4v) is 7.76. The number of methoxy groups -OCH3 is 1. The van der Waals surface area contributed by atoms with E-state index in [-0.39, 0.29) is 23.4 Å². The Morgan fingerprint density at radius 1 is 0.958 bits per heavy atom. The molecule has 0 aromatic carbocycles. The minimum absolute atomic E-state index is 0.0270. The van der Waals surface area contributed by atoms with Crippen LogP contribution in [0.4, 0.5) is 0 Å². The summed E-state index contributed by atoms with van der Waals surface area (Å²) in [6.07, 6.45) is 10.4. The van der Waals surface area contributed by atoms with E-state index in [0.29, 0.717) is 17.3 Å². The predicted molar refractivity (Wildman–Crippen MR) is 93.2 cm³/mol. The van der Waals surface area contributed by atoms with Crippen LogP contribution < -0.4 is 0 Å². The molecule has 4 fully saturated rings. The molecule has 0 amide bonds.